The molecule has 0 bridgehead atoms. The highest BCUT2D eigenvalue weighted by Gasteiger charge is 2.15. The fourth-order valence-corrected chi connectivity index (χ4v) is 6.57. The van der Waals surface area contributed by atoms with Gasteiger partial charge in [-0.1, -0.05) is 199 Å². The van der Waals surface area contributed by atoms with E-state index >= 15 is 0 Å². The topological polar surface area (TPSA) is 110 Å². The zero-order valence-electron chi connectivity index (χ0n) is 36.3. The third-order valence-electron chi connectivity index (χ3n) is 10.1. The lowest BCUT2D eigenvalue weighted by molar-refractivity contribution is 0.102. The zero-order chi connectivity index (χ0) is 44.2. The van der Waals surface area contributed by atoms with Crippen LogP contribution in [-0.4, -0.2) is 40.8 Å². The smallest absolute Gasteiger partial charge is 0.196 e. The number of carbonyl (C=O) groups excluding carboxylic acids is 3. The molecule has 0 unspecified atom stereocenters. The molecule has 0 amide bonds. The van der Waals surface area contributed by atoms with Gasteiger partial charge in [-0.05, 0) is 37.1 Å². The lowest BCUT2D eigenvalue weighted by atomic mass is 10.0. The van der Waals surface area contributed by atoms with E-state index in [0.29, 0.717) is 47.0 Å². The molecule has 0 saturated carbocycles. The van der Waals surface area contributed by atoms with Gasteiger partial charge in [0.1, 0.15) is 23.0 Å². The van der Waals surface area contributed by atoms with Gasteiger partial charge in [-0.3, -0.25) is 14.4 Å². The first kappa shape index (κ1) is 48.2. The standard InChI is InChI=1S/2C21H26O3.C13H10O/c2*1-2-3-4-5-6-10-15-24-18-13-14-19(20(22)16-18)21(23)17-11-8-7-9-12-17;14-13(11-7-3-1-4-8-11)12-9-5-2-6-10-12/h2*7-9,11-14,16,22H,2-6,10,15H2,1H3;1-10H. The third-order valence-corrected chi connectivity index (χ3v) is 10.1. The van der Waals surface area contributed by atoms with Crippen LogP contribution in [0.3, 0.4) is 0 Å². The summed E-state index contributed by atoms with van der Waals surface area (Å²) in [7, 11) is 0. The maximum absolute atomic E-state index is 12.4. The molecule has 0 saturated heterocycles. The van der Waals surface area contributed by atoms with Crippen LogP contribution < -0.4 is 9.47 Å². The van der Waals surface area contributed by atoms with Crippen molar-refractivity contribution in [1.82, 2.24) is 0 Å². The highest BCUT2D eigenvalue weighted by Crippen LogP contribution is 2.27. The van der Waals surface area contributed by atoms with Crippen LogP contribution in [0.4, 0.5) is 0 Å². The predicted molar refractivity (Wildman–Crippen MR) is 250 cm³/mol. The van der Waals surface area contributed by atoms with E-state index in [0.717, 1.165) is 36.8 Å². The molecule has 0 aliphatic rings. The van der Waals surface area contributed by atoms with Crippen molar-refractivity contribution < 1.29 is 34.1 Å². The Hall–Kier alpha value is -6.47. The summed E-state index contributed by atoms with van der Waals surface area (Å²) in [5.74, 6) is 0.835. The largest absolute Gasteiger partial charge is 0.507 e. The maximum Gasteiger partial charge on any atom is 0.196 e. The zero-order valence-corrected chi connectivity index (χ0v) is 36.3. The van der Waals surface area contributed by atoms with E-state index in [9.17, 15) is 24.6 Å². The van der Waals surface area contributed by atoms with Gasteiger partial charge in [0.15, 0.2) is 17.3 Å². The van der Waals surface area contributed by atoms with Gasteiger partial charge in [-0.25, -0.2) is 0 Å². The molecule has 2 N–H and O–H groups in total. The van der Waals surface area contributed by atoms with Crippen LogP contribution in [0, 0.1) is 0 Å². The number of rotatable bonds is 22. The van der Waals surface area contributed by atoms with Gasteiger partial charge in [0.2, 0.25) is 0 Å². The van der Waals surface area contributed by atoms with Gasteiger partial charge in [-0.15, -0.1) is 0 Å². The Morgan fingerprint density at radius 3 is 0.968 bits per heavy atom. The molecule has 0 heterocycles. The van der Waals surface area contributed by atoms with E-state index in [1.54, 1.807) is 48.5 Å². The highest BCUT2D eigenvalue weighted by atomic mass is 16.5. The van der Waals surface area contributed by atoms with E-state index in [1.807, 2.05) is 97.1 Å². The van der Waals surface area contributed by atoms with E-state index in [-0.39, 0.29) is 28.8 Å². The summed E-state index contributed by atoms with van der Waals surface area (Å²) in [4.78, 5) is 36.6. The molecule has 7 heteroatoms. The molecule has 0 spiro atoms. The molecular weight excluding hydrogens is 773 g/mol. The first-order valence-corrected chi connectivity index (χ1v) is 22.1. The van der Waals surface area contributed by atoms with E-state index < -0.39 is 0 Å². The molecule has 7 nitrogen and oxygen atoms in total. The first-order chi connectivity index (χ1) is 30.3. The van der Waals surface area contributed by atoms with E-state index in [1.165, 1.54) is 63.5 Å². The molecule has 324 valence electrons. The van der Waals surface area contributed by atoms with Gasteiger partial charge in [0.05, 0.1) is 24.3 Å². The minimum absolute atomic E-state index is 0.0377. The quantitative estimate of drug-likeness (QED) is 0.0517. The summed E-state index contributed by atoms with van der Waals surface area (Å²) >= 11 is 0. The second-order valence-electron chi connectivity index (χ2n) is 15.0. The Labute approximate surface area is 368 Å². The Morgan fingerprint density at radius 1 is 0.371 bits per heavy atom. The van der Waals surface area contributed by atoms with Gasteiger partial charge in [0, 0.05) is 34.4 Å². The van der Waals surface area contributed by atoms with Gasteiger partial charge in [0.25, 0.3) is 0 Å². The number of phenols is 2. The first-order valence-electron chi connectivity index (χ1n) is 22.1. The monoisotopic (exact) mass is 834 g/mol. The SMILES string of the molecule is CCCCCCCCOc1ccc(C(=O)c2ccccc2)c(O)c1.CCCCCCCCOc1ccc(C(=O)c2ccccc2)c(O)c1.O=C(c1ccccc1)c1ccccc1. The van der Waals surface area contributed by atoms with Crippen molar-refractivity contribution in [3.8, 4) is 23.0 Å². The summed E-state index contributed by atoms with van der Waals surface area (Å²) in [6, 6.07) is 46.3. The fourth-order valence-electron chi connectivity index (χ4n) is 6.57. The fraction of sp³-hybridized carbons (Fsp3) is 0.291. The maximum atomic E-state index is 12.4. The normalized spacial score (nSPS) is 10.4. The van der Waals surface area contributed by atoms with E-state index in [2.05, 4.69) is 13.8 Å². The molecule has 0 fully saturated rings. The van der Waals surface area contributed by atoms with E-state index in [4.69, 9.17) is 9.47 Å². The third kappa shape index (κ3) is 16.9. The predicted octanol–water partition coefficient (Wildman–Crippen LogP) is 13.6. The molecule has 0 atom stereocenters. The summed E-state index contributed by atoms with van der Waals surface area (Å²) in [6.07, 6.45) is 14.5. The van der Waals surface area contributed by atoms with Crippen molar-refractivity contribution in [2.45, 2.75) is 90.9 Å². The number of unbranched alkanes of at least 4 members (excludes halogenated alkanes) is 10. The molecule has 62 heavy (non-hydrogen) atoms. The number of ether oxygens (including phenoxy) is 2. The number of ketones is 3. The second kappa shape index (κ2) is 28.1. The molecule has 6 aromatic carbocycles. The molecule has 0 aliphatic carbocycles. The van der Waals surface area contributed by atoms with Gasteiger partial charge in [-0.2, -0.15) is 0 Å². The number of aromatic hydroxyl groups is 2. The highest BCUT2D eigenvalue weighted by molar-refractivity contribution is 6.11. The molecule has 0 aliphatic heterocycles. The van der Waals surface area contributed by atoms with Crippen LogP contribution in [-0.2, 0) is 0 Å². The Morgan fingerprint density at radius 2 is 0.661 bits per heavy atom. The van der Waals surface area contributed by atoms with Crippen LogP contribution in [0.1, 0.15) is 139 Å². The summed E-state index contributed by atoms with van der Waals surface area (Å²) in [6.45, 7) is 5.69. The van der Waals surface area contributed by atoms with Crippen LogP contribution in [0.15, 0.2) is 158 Å². The van der Waals surface area contributed by atoms with Crippen molar-refractivity contribution in [2.75, 3.05) is 13.2 Å². The average molecular weight is 835 g/mol. The Kier molecular flexibility index (Phi) is 21.9. The minimum Gasteiger partial charge on any atom is -0.507 e. The Bertz CT molecular complexity index is 2030. The van der Waals surface area contributed by atoms with Gasteiger partial charge >= 0.3 is 0 Å². The summed E-state index contributed by atoms with van der Waals surface area (Å²) in [5, 5.41) is 20.2. The van der Waals surface area contributed by atoms with Crippen molar-refractivity contribution in [3.63, 3.8) is 0 Å². The minimum atomic E-state index is -0.185. The summed E-state index contributed by atoms with van der Waals surface area (Å²) < 4.78 is 11.3. The second-order valence-corrected chi connectivity index (χ2v) is 15.0. The number of phenolic OH excluding ortho intramolecular Hbond substituents is 2. The number of benzene rings is 6. The van der Waals surface area contributed by atoms with Crippen LogP contribution in [0.25, 0.3) is 0 Å². The Balaban J connectivity index is 0.000000212. The summed E-state index contributed by atoms with van der Waals surface area (Å²) in [5.41, 5.74) is 3.20. The molecule has 0 aromatic heterocycles. The lowest BCUT2D eigenvalue weighted by Gasteiger charge is -2.09. The molecular formula is C55H62O7. The number of carbonyl (C=O) groups is 3. The molecule has 6 aromatic rings. The lowest BCUT2D eigenvalue weighted by Crippen LogP contribution is -2.02. The van der Waals surface area contributed by atoms with Crippen molar-refractivity contribution in [2.24, 2.45) is 0 Å². The van der Waals surface area contributed by atoms with Crippen LogP contribution >= 0.6 is 0 Å². The number of hydrogen-bond acceptors (Lipinski definition) is 7. The van der Waals surface area contributed by atoms with Crippen molar-refractivity contribution >= 4 is 17.3 Å². The van der Waals surface area contributed by atoms with Crippen molar-refractivity contribution in [1.29, 1.82) is 0 Å². The van der Waals surface area contributed by atoms with Gasteiger partial charge < -0.3 is 19.7 Å². The molecule has 6 rings (SSSR count). The van der Waals surface area contributed by atoms with Crippen LogP contribution in [0.5, 0.6) is 23.0 Å². The molecule has 0 radical (unpaired) electrons. The average Bonchev–Trinajstić information content (AvgIpc) is 3.32. The van der Waals surface area contributed by atoms with Crippen LogP contribution in [0.2, 0.25) is 0 Å². The number of hydrogen-bond donors (Lipinski definition) is 2. The van der Waals surface area contributed by atoms with Crippen molar-refractivity contribution in [3.05, 3.63) is 191 Å².